The van der Waals surface area contributed by atoms with E-state index in [9.17, 15) is 0 Å². The van der Waals surface area contributed by atoms with E-state index in [1.54, 1.807) is 6.26 Å². The van der Waals surface area contributed by atoms with Gasteiger partial charge in [0.15, 0.2) is 0 Å². The van der Waals surface area contributed by atoms with Crippen LogP contribution in [-0.4, -0.2) is 4.98 Å². The van der Waals surface area contributed by atoms with Crippen molar-refractivity contribution in [3.8, 4) is 0 Å². The summed E-state index contributed by atoms with van der Waals surface area (Å²) in [6.45, 7) is 0. The average molecular weight is 157 g/mol. The number of hydrogen-bond donors (Lipinski definition) is 1. The molecule has 1 N–H and O–H groups in total. The molecule has 0 radical (unpaired) electrons. The van der Waals surface area contributed by atoms with E-state index in [-0.39, 0.29) is 0 Å². The molecule has 0 saturated carbocycles. The molecule has 3 rings (SSSR count). The molecule has 2 heteroatoms. The summed E-state index contributed by atoms with van der Waals surface area (Å²) in [5, 5.41) is 3.57. The Bertz CT molecular complexity index is 442. The van der Waals surface area contributed by atoms with Crippen LogP contribution in [0.1, 0.15) is 0 Å². The van der Waals surface area contributed by atoms with Crippen molar-refractivity contribution in [2.75, 3.05) is 0 Å². The molecule has 0 aliphatic rings. The van der Waals surface area contributed by atoms with Crippen LogP contribution in [0.15, 0.2) is 41.3 Å². The summed E-state index contributed by atoms with van der Waals surface area (Å²) in [7, 11) is 0. The molecule has 2 aromatic heterocycles. The first-order chi connectivity index (χ1) is 5.93. The predicted molar refractivity (Wildman–Crippen MR) is 48.1 cm³/mol. The van der Waals surface area contributed by atoms with Gasteiger partial charge in [0.25, 0.3) is 0 Å². The summed E-state index contributed by atoms with van der Waals surface area (Å²) >= 11 is 0. The zero-order valence-corrected chi connectivity index (χ0v) is 6.37. The molecular formula is C10H7NO. The zero-order valence-electron chi connectivity index (χ0n) is 6.37. The highest BCUT2D eigenvalue weighted by atomic mass is 16.3. The smallest absolute Gasteiger partial charge is 0.134 e. The number of fused-ring (bicyclic) bond motifs is 2. The van der Waals surface area contributed by atoms with Crippen LogP contribution >= 0.6 is 0 Å². The Morgan fingerprint density at radius 2 is 1.83 bits per heavy atom. The third kappa shape index (κ3) is 0.639. The topological polar surface area (TPSA) is 28.9 Å². The molecule has 0 aliphatic heterocycles. The van der Waals surface area contributed by atoms with Gasteiger partial charge in [-0.3, -0.25) is 0 Å². The molecular weight excluding hydrogens is 150 g/mol. The van der Waals surface area contributed by atoms with E-state index in [2.05, 4.69) is 11.1 Å². The molecule has 0 bridgehead atoms. The maximum atomic E-state index is 5.28. The van der Waals surface area contributed by atoms with E-state index in [0.29, 0.717) is 0 Å². The number of rotatable bonds is 0. The van der Waals surface area contributed by atoms with Gasteiger partial charge in [0.1, 0.15) is 5.58 Å². The molecule has 2 nitrogen and oxygen atoms in total. The highest BCUT2D eigenvalue weighted by Gasteiger charge is 1.99. The fourth-order valence-electron chi connectivity index (χ4n) is 1.51. The van der Waals surface area contributed by atoms with Gasteiger partial charge in [-0.05, 0) is 23.6 Å². The van der Waals surface area contributed by atoms with Crippen LogP contribution in [0.25, 0.3) is 21.7 Å². The number of nitrogens with one attached hydrogen (secondary N) is 1. The monoisotopic (exact) mass is 157 g/mol. The first kappa shape index (κ1) is 5.89. The van der Waals surface area contributed by atoms with Crippen LogP contribution in [0, 0.1) is 0 Å². The van der Waals surface area contributed by atoms with E-state index < -0.39 is 0 Å². The third-order valence-corrected chi connectivity index (χ3v) is 2.14. The van der Waals surface area contributed by atoms with Gasteiger partial charge in [-0.25, -0.2) is 0 Å². The minimum absolute atomic E-state index is 0.946. The lowest BCUT2D eigenvalue weighted by Crippen LogP contribution is -1.63. The van der Waals surface area contributed by atoms with E-state index in [4.69, 9.17) is 4.42 Å². The molecule has 0 unspecified atom stereocenters. The van der Waals surface area contributed by atoms with Crippen LogP contribution in [0.4, 0.5) is 0 Å². The Morgan fingerprint density at radius 1 is 1.00 bits per heavy atom. The number of furan rings is 1. The highest BCUT2D eigenvalue weighted by Crippen LogP contribution is 2.22. The van der Waals surface area contributed by atoms with Gasteiger partial charge < -0.3 is 9.40 Å². The van der Waals surface area contributed by atoms with Gasteiger partial charge in [-0.1, -0.05) is 0 Å². The van der Waals surface area contributed by atoms with Crippen molar-refractivity contribution in [2.24, 2.45) is 0 Å². The summed E-state index contributed by atoms with van der Waals surface area (Å²) in [6, 6.07) is 6.13. The Labute approximate surface area is 68.8 Å². The van der Waals surface area contributed by atoms with Crippen molar-refractivity contribution in [1.29, 1.82) is 0 Å². The number of H-pyrrole nitrogens is 1. The van der Waals surface area contributed by atoms with Crippen molar-refractivity contribution < 1.29 is 4.42 Å². The minimum atomic E-state index is 0.946. The summed E-state index contributed by atoms with van der Waals surface area (Å²) < 4.78 is 5.28. The highest BCUT2D eigenvalue weighted by molar-refractivity contribution is 5.95. The van der Waals surface area contributed by atoms with Crippen LogP contribution in [0.3, 0.4) is 0 Å². The van der Waals surface area contributed by atoms with Crippen molar-refractivity contribution in [3.05, 3.63) is 36.9 Å². The maximum absolute atomic E-state index is 5.28. The second-order valence-corrected chi connectivity index (χ2v) is 2.89. The molecule has 0 spiro atoms. The second kappa shape index (κ2) is 1.91. The lowest BCUT2D eigenvalue weighted by Gasteiger charge is -1.88. The fraction of sp³-hybridized carbons (Fsp3) is 0. The normalized spacial score (nSPS) is 11.3. The summed E-state index contributed by atoms with van der Waals surface area (Å²) in [6.07, 6.45) is 5.67. The first-order valence-electron chi connectivity index (χ1n) is 3.87. The van der Waals surface area contributed by atoms with E-state index in [0.717, 1.165) is 11.0 Å². The van der Waals surface area contributed by atoms with Crippen molar-refractivity contribution in [1.82, 2.24) is 4.98 Å². The van der Waals surface area contributed by atoms with E-state index in [1.165, 1.54) is 10.8 Å². The van der Waals surface area contributed by atoms with Crippen molar-refractivity contribution >= 4 is 21.7 Å². The Hall–Kier alpha value is -1.70. The average Bonchev–Trinajstić information content (AvgIpc) is 2.64. The van der Waals surface area contributed by atoms with Gasteiger partial charge >= 0.3 is 0 Å². The summed E-state index contributed by atoms with van der Waals surface area (Å²) in [5.74, 6) is 0. The van der Waals surface area contributed by atoms with Crippen LogP contribution in [0.5, 0.6) is 0 Å². The Morgan fingerprint density at radius 3 is 2.75 bits per heavy atom. The summed E-state index contributed by atoms with van der Waals surface area (Å²) in [4.78, 5) is 3.06. The fourth-order valence-corrected chi connectivity index (χ4v) is 1.51. The lowest BCUT2D eigenvalue weighted by molar-refractivity contribution is 0.616. The Balaban J connectivity index is 2.62. The maximum Gasteiger partial charge on any atom is 0.134 e. The van der Waals surface area contributed by atoms with Gasteiger partial charge in [0.05, 0.1) is 6.26 Å². The van der Waals surface area contributed by atoms with Crippen LogP contribution in [-0.2, 0) is 0 Å². The lowest BCUT2D eigenvalue weighted by atomic mass is 10.2. The van der Waals surface area contributed by atoms with Crippen LogP contribution < -0.4 is 0 Å². The molecule has 58 valence electrons. The Kier molecular flexibility index (Phi) is 0.939. The van der Waals surface area contributed by atoms with E-state index in [1.807, 2.05) is 24.5 Å². The van der Waals surface area contributed by atoms with Gasteiger partial charge in [-0.15, -0.1) is 0 Å². The molecule has 1 aromatic carbocycles. The largest absolute Gasteiger partial charge is 0.464 e. The van der Waals surface area contributed by atoms with Gasteiger partial charge in [0.2, 0.25) is 0 Å². The molecule has 2 heterocycles. The van der Waals surface area contributed by atoms with Crippen molar-refractivity contribution in [2.45, 2.75) is 0 Å². The SMILES string of the molecule is c1cc2cc3c[nH]cc3cc2o1. The van der Waals surface area contributed by atoms with Crippen molar-refractivity contribution in [3.63, 3.8) is 0 Å². The minimum Gasteiger partial charge on any atom is -0.464 e. The second-order valence-electron chi connectivity index (χ2n) is 2.89. The van der Waals surface area contributed by atoms with Gasteiger partial charge in [0, 0.05) is 23.2 Å². The van der Waals surface area contributed by atoms with Gasteiger partial charge in [-0.2, -0.15) is 0 Å². The molecule has 0 atom stereocenters. The number of aromatic amines is 1. The van der Waals surface area contributed by atoms with E-state index >= 15 is 0 Å². The first-order valence-corrected chi connectivity index (χ1v) is 3.87. The molecule has 0 saturated heterocycles. The standard InChI is InChI=1S/C10H7NO/c1-2-12-10-4-9-6-11-5-8(9)3-7(1)10/h1-6,11H. The number of hydrogen-bond acceptors (Lipinski definition) is 1. The third-order valence-electron chi connectivity index (χ3n) is 2.14. The predicted octanol–water partition coefficient (Wildman–Crippen LogP) is 2.91. The molecule has 0 fully saturated rings. The molecule has 0 aliphatic carbocycles. The molecule has 3 aromatic rings. The van der Waals surface area contributed by atoms with Crippen LogP contribution in [0.2, 0.25) is 0 Å². The molecule has 12 heavy (non-hydrogen) atoms. The number of benzene rings is 1. The quantitative estimate of drug-likeness (QED) is 0.534. The number of aromatic nitrogens is 1. The molecule has 0 amide bonds. The zero-order chi connectivity index (χ0) is 7.97. The summed E-state index contributed by atoms with van der Waals surface area (Å²) in [5.41, 5.74) is 0.946.